The average molecular weight is 383 g/mol. The number of aromatic nitrogens is 2. The fourth-order valence-electron chi connectivity index (χ4n) is 6.06. The second-order valence-electron chi connectivity index (χ2n) is 9.02. The maximum atomic E-state index is 12.8. The number of ether oxygens (including phenoxy) is 1. The lowest BCUT2D eigenvalue weighted by molar-refractivity contribution is -0.177. The van der Waals surface area contributed by atoms with Crippen molar-refractivity contribution >= 4 is 11.9 Å². The Morgan fingerprint density at radius 1 is 1.32 bits per heavy atom. The number of nitrogens with zero attached hydrogens (tertiary/aromatic N) is 4. The highest BCUT2D eigenvalue weighted by molar-refractivity contribution is 5.68. The van der Waals surface area contributed by atoms with E-state index in [-0.39, 0.29) is 23.9 Å². The molecule has 148 valence electrons. The number of carbonyl (C=O) groups is 1. The van der Waals surface area contributed by atoms with Gasteiger partial charge >= 0.3 is 6.09 Å². The Labute approximate surface area is 163 Å². The van der Waals surface area contributed by atoms with Crippen LogP contribution in [0.3, 0.4) is 0 Å². The van der Waals surface area contributed by atoms with Gasteiger partial charge in [0.05, 0.1) is 18.0 Å². The molecule has 5 aliphatic rings. The second-order valence-corrected chi connectivity index (χ2v) is 9.02. The number of aliphatic hydroxyl groups is 1. The van der Waals surface area contributed by atoms with Crippen molar-refractivity contribution in [3.63, 3.8) is 0 Å². The lowest BCUT2D eigenvalue weighted by atomic mass is 9.53. The number of carbonyl (C=O) groups excluding carboxylic acids is 1. The first kappa shape index (κ1) is 17.7. The summed E-state index contributed by atoms with van der Waals surface area (Å²) in [5, 5.41) is 22.9. The third kappa shape index (κ3) is 3.18. The molecule has 1 saturated heterocycles. The van der Waals surface area contributed by atoms with Gasteiger partial charge in [-0.3, -0.25) is 4.98 Å². The molecule has 4 aliphatic carbocycles. The predicted molar refractivity (Wildman–Crippen MR) is 99.1 cm³/mol. The monoisotopic (exact) mass is 383 g/mol. The van der Waals surface area contributed by atoms with Crippen molar-refractivity contribution in [2.75, 3.05) is 18.4 Å². The Hall–Kier alpha value is -2.40. The Balaban J connectivity index is 1.18. The van der Waals surface area contributed by atoms with Gasteiger partial charge in [0.2, 0.25) is 0 Å². The first-order chi connectivity index (χ1) is 13.5. The van der Waals surface area contributed by atoms with Gasteiger partial charge in [-0.05, 0) is 56.3 Å². The fourth-order valence-corrected chi connectivity index (χ4v) is 6.06. The lowest BCUT2D eigenvalue weighted by Crippen LogP contribution is -2.58. The molecule has 1 aromatic rings. The minimum atomic E-state index is -0.513. The summed E-state index contributed by atoms with van der Waals surface area (Å²) in [5.41, 5.74) is -0.246. The molecular weight excluding hydrogens is 358 g/mol. The van der Waals surface area contributed by atoms with Crippen LogP contribution in [0.1, 0.15) is 44.2 Å². The van der Waals surface area contributed by atoms with E-state index in [9.17, 15) is 9.90 Å². The van der Waals surface area contributed by atoms with Crippen molar-refractivity contribution in [1.82, 2.24) is 14.9 Å². The van der Waals surface area contributed by atoms with E-state index in [1.165, 1.54) is 6.20 Å². The number of hydrogen-bond donors (Lipinski definition) is 2. The number of amides is 1. The molecule has 6 rings (SSSR count). The van der Waals surface area contributed by atoms with Crippen molar-refractivity contribution in [3.8, 4) is 6.07 Å². The zero-order chi connectivity index (χ0) is 19.3. The maximum absolute atomic E-state index is 12.8. The van der Waals surface area contributed by atoms with Crippen molar-refractivity contribution in [3.05, 3.63) is 18.1 Å². The molecule has 1 amide bonds. The number of rotatable bonds is 3. The summed E-state index contributed by atoms with van der Waals surface area (Å²) in [4.78, 5) is 22.7. The second kappa shape index (κ2) is 6.59. The molecule has 6 atom stereocenters. The smallest absolute Gasteiger partial charge is 0.410 e. The zero-order valence-electron chi connectivity index (χ0n) is 15.8. The van der Waals surface area contributed by atoms with E-state index in [1.807, 2.05) is 6.07 Å². The van der Waals surface area contributed by atoms with E-state index in [2.05, 4.69) is 15.3 Å². The summed E-state index contributed by atoms with van der Waals surface area (Å²) in [7, 11) is 0. The zero-order valence-corrected chi connectivity index (χ0v) is 15.8. The van der Waals surface area contributed by atoms with Gasteiger partial charge in [-0.1, -0.05) is 0 Å². The molecule has 0 spiro atoms. The van der Waals surface area contributed by atoms with Crippen LogP contribution < -0.4 is 5.32 Å². The molecule has 8 nitrogen and oxygen atoms in total. The van der Waals surface area contributed by atoms with Gasteiger partial charge in [0.15, 0.2) is 5.69 Å². The van der Waals surface area contributed by atoms with Crippen LogP contribution >= 0.6 is 0 Å². The molecule has 1 aliphatic heterocycles. The Bertz CT molecular complexity index is 808. The molecule has 8 heteroatoms. The SMILES string of the molecule is N#Cc1cncc(N[C@@H]2CCN(C(=O)OC3C4CC5C[C@H]3C[C@@](O)(C5)C4)C2)n1. The van der Waals surface area contributed by atoms with Crippen LogP contribution in [0.2, 0.25) is 0 Å². The van der Waals surface area contributed by atoms with Gasteiger partial charge in [-0.2, -0.15) is 5.26 Å². The van der Waals surface area contributed by atoms with E-state index >= 15 is 0 Å². The standard InChI is InChI=1S/C20H25N5O3/c21-8-16-9-22-10-17(24-16)23-15-1-2-25(11-15)19(26)28-18-13-3-12-4-14(18)7-20(27,5-12)6-13/h9-10,12-15,18,27H,1-7,11H2,(H,23,24)/t12?,13-,14?,15+,18?,20-/m0/s1. The maximum Gasteiger partial charge on any atom is 0.410 e. The molecule has 0 radical (unpaired) electrons. The fraction of sp³-hybridized carbons (Fsp3) is 0.700. The van der Waals surface area contributed by atoms with Crippen molar-refractivity contribution in [2.24, 2.45) is 17.8 Å². The molecule has 0 aromatic carbocycles. The minimum Gasteiger partial charge on any atom is -0.446 e. The van der Waals surface area contributed by atoms with E-state index in [1.54, 1.807) is 11.1 Å². The van der Waals surface area contributed by atoms with Gasteiger partial charge in [-0.15, -0.1) is 0 Å². The molecular formula is C20H25N5O3. The lowest BCUT2D eigenvalue weighted by Gasteiger charge is -2.57. The molecule has 2 heterocycles. The highest BCUT2D eigenvalue weighted by atomic mass is 16.6. The van der Waals surface area contributed by atoms with Gasteiger partial charge in [-0.25, -0.2) is 9.78 Å². The van der Waals surface area contributed by atoms with Crippen LogP contribution in [0, 0.1) is 29.1 Å². The summed E-state index contributed by atoms with van der Waals surface area (Å²) in [5.74, 6) is 1.76. The van der Waals surface area contributed by atoms with Gasteiger partial charge in [0.25, 0.3) is 0 Å². The molecule has 3 unspecified atom stereocenters. The van der Waals surface area contributed by atoms with Gasteiger partial charge in [0, 0.05) is 19.1 Å². The summed E-state index contributed by atoms with van der Waals surface area (Å²) in [6, 6.07) is 2.04. The molecule has 5 fully saturated rings. The van der Waals surface area contributed by atoms with Crippen molar-refractivity contribution in [1.29, 1.82) is 5.26 Å². The minimum absolute atomic E-state index is 0.0467. The molecule has 4 bridgehead atoms. The quantitative estimate of drug-likeness (QED) is 0.820. The Morgan fingerprint density at radius 3 is 2.82 bits per heavy atom. The number of anilines is 1. The normalized spacial score (nSPS) is 38.3. The van der Waals surface area contributed by atoms with E-state index in [0.29, 0.717) is 36.7 Å². The van der Waals surface area contributed by atoms with Crippen LogP contribution in [0.25, 0.3) is 0 Å². The number of likely N-dealkylation sites (tertiary alicyclic amines) is 1. The number of hydrogen-bond acceptors (Lipinski definition) is 7. The summed E-state index contributed by atoms with van der Waals surface area (Å²) in [6.07, 6.45) is 8.14. The third-order valence-corrected chi connectivity index (χ3v) is 6.94. The van der Waals surface area contributed by atoms with Crippen LogP contribution in [0.15, 0.2) is 12.4 Å². The first-order valence-corrected chi connectivity index (χ1v) is 10.2. The summed E-state index contributed by atoms with van der Waals surface area (Å²) >= 11 is 0. The van der Waals surface area contributed by atoms with E-state index in [0.717, 1.165) is 38.5 Å². The van der Waals surface area contributed by atoms with Crippen LogP contribution in [-0.4, -0.2) is 56.9 Å². The highest BCUT2D eigenvalue weighted by Crippen LogP contribution is 2.56. The largest absolute Gasteiger partial charge is 0.446 e. The van der Waals surface area contributed by atoms with Gasteiger partial charge in [0.1, 0.15) is 18.0 Å². The highest BCUT2D eigenvalue weighted by Gasteiger charge is 2.56. The Morgan fingerprint density at radius 2 is 2.11 bits per heavy atom. The van der Waals surface area contributed by atoms with E-state index < -0.39 is 5.60 Å². The van der Waals surface area contributed by atoms with Crippen LogP contribution in [-0.2, 0) is 4.74 Å². The Kier molecular flexibility index (Phi) is 4.16. The molecule has 1 aromatic heterocycles. The number of nitriles is 1. The van der Waals surface area contributed by atoms with Crippen LogP contribution in [0.4, 0.5) is 10.6 Å². The average Bonchev–Trinajstić information content (AvgIpc) is 3.12. The molecule has 4 saturated carbocycles. The predicted octanol–water partition coefficient (Wildman–Crippen LogP) is 1.91. The number of nitrogens with one attached hydrogen (secondary N) is 1. The van der Waals surface area contributed by atoms with Crippen LogP contribution in [0.5, 0.6) is 0 Å². The molecule has 28 heavy (non-hydrogen) atoms. The van der Waals surface area contributed by atoms with Crippen molar-refractivity contribution in [2.45, 2.75) is 56.3 Å². The topological polar surface area (TPSA) is 111 Å². The van der Waals surface area contributed by atoms with E-state index in [4.69, 9.17) is 10.00 Å². The summed E-state index contributed by atoms with van der Waals surface area (Å²) in [6.45, 7) is 1.18. The summed E-state index contributed by atoms with van der Waals surface area (Å²) < 4.78 is 5.97. The first-order valence-electron chi connectivity index (χ1n) is 10.2. The van der Waals surface area contributed by atoms with Crippen molar-refractivity contribution < 1.29 is 14.6 Å². The third-order valence-electron chi connectivity index (χ3n) is 6.94. The van der Waals surface area contributed by atoms with Gasteiger partial charge < -0.3 is 20.1 Å². The molecule has 2 N–H and O–H groups in total.